The van der Waals surface area contributed by atoms with Crippen molar-refractivity contribution in [3.63, 3.8) is 0 Å². The van der Waals surface area contributed by atoms with E-state index in [0.717, 1.165) is 18.5 Å². The lowest BCUT2D eigenvalue weighted by atomic mass is 9.87. The van der Waals surface area contributed by atoms with E-state index in [1.165, 1.54) is 45.6 Å². The minimum absolute atomic E-state index is 1.09. The first kappa shape index (κ1) is 22.0. The summed E-state index contributed by atoms with van der Waals surface area (Å²) >= 11 is 9.21. The van der Waals surface area contributed by atoms with Crippen molar-refractivity contribution in [1.82, 2.24) is 4.98 Å². The van der Waals surface area contributed by atoms with Gasteiger partial charge in [-0.2, -0.15) is 0 Å². The molecule has 1 aliphatic carbocycles. The molecule has 0 amide bonds. The summed E-state index contributed by atoms with van der Waals surface area (Å²) in [6.07, 6.45) is 4.09. The Balaban J connectivity index is 0.000000242. The number of fused-ring (bicyclic) bond motifs is 3. The smallest absolute Gasteiger partial charge is 0.0736 e. The molecule has 1 aliphatic rings. The zero-order valence-corrected chi connectivity index (χ0v) is 21.0. The number of benzene rings is 2. The van der Waals surface area contributed by atoms with Gasteiger partial charge in [-0.1, -0.05) is 54.6 Å². The largest absolute Gasteiger partial charge is 0.256 e. The second kappa shape index (κ2) is 12.1. The molecule has 144 valence electrons. The molecule has 0 saturated carbocycles. The van der Waals surface area contributed by atoms with E-state index in [2.05, 4.69) is 82.0 Å². The Morgan fingerprint density at radius 2 is 1.39 bits per heavy atom. The van der Waals surface area contributed by atoms with Gasteiger partial charge in [-0.25, -0.2) is 0 Å². The lowest BCUT2D eigenvalue weighted by Crippen LogP contribution is -2.05. The molecule has 0 bridgehead atoms. The Labute approximate surface area is 192 Å². The summed E-state index contributed by atoms with van der Waals surface area (Å²) in [5.74, 6) is 0. The molecule has 0 N–H and O–H groups in total. The van der Waals surface area contributed by atoms with Gasteiger partial charge in [0.2, 0.25) is 0 Å². The van der Waals surface area contributed by atoms with Gasteiger partial charge in [-0.05, 0) is 41.2 Å². The first-order chi connectivity index (χ1) is 13.8. The molecule has 0 saturated heterocycles. The number of pyridine rings is 1. The lowest BCUT2D eigenvalue weighted by molar-refractivity contribution is 0.928. The third-order valence-corrected chi connectivity index (χ3v) is 15.3. The molecule has 28 heavy (non-hydrogen) atoms. The molecule has 0 aliphatic heterocycles. The molecule has 1 aromatic heterocycles. The molecule has 2 aromatic carbocycles. The van der Waals surface area contributed by atoms with E-state index >= 15 is 0 Å². The monoisotopic (exact) mass is 513 g/mol. The highest BCUT2D eigenvalue weighted by atomic mass is 33.4. The second-order valence-electron chi connectivity index (χ2n) is 5.66. The fraction of sp³-hybridized carbons (Fsp3) is 0.105. The Kier molecular flexibility index (Phi) is 9.56. The molecule has 1 nitrogen and oxygen atoms in total. The maximum atomic E-state index is 4.60. The molecule has 3 aromatic rings. The molecule has 0 unspecified atom stereocenters. The van der Waals surface area contributed by atoms with E-state index < -0.39 is 0 Å². The maximum Gasteiger partial charge on any atom is 0.0736 e. The molecule has 4 rings (SSSR count). The topological polar surface area (TPSA) is 12.9 Å². The van der Waals surface area contributed by atoms with Crippen LogP contribution in [0.25, 0.3) is 22.4 Å². The summed E-state index contributed by atoms with van der Waals surface area (Å²) in [4.78, 5) is 4.56. The van der Waals surface area contributed by atoms with Crippen molar-refractivity contribution in [3.05, 3.63) is 78.0 Å². The molecule has 1 heterocycles. The molecule has 0 fully saturated rings. The van der Waals surface area contributed by atoms with Crippen molar-refractivity contribution in [2.75, 3.05) is 0 Å². The fourth-order valence-corrected chi connectivity index (χ4v) is 14.0. The summed E-state index contributed by atoms with van der Waals surface area (Å²) in [6, 6.07) is 21.5. The number of rotatable bonds is 1. The van der Waals surface area contributed by atoms with E-state index in [0.29, 0.717) is 0 Å². The van der Waals surface area contributed by atoms with Gasteiger partial charge in [0.25, 0.3) is 0 Å². The van der Waals surface area contributed by atoms with Crippen molar-refractivity contribution in [2.45, 2.75) is 12.8 Å². The summed E-state index contributed by atoms with van der Waals surface area (Å²) < 4.78 is 0. The Morgan fingerprint density at radius 3 is 2.11 bits per heavy atom. The molecule has 0 atom stereocenters. The van der Waals surface area contributed by atoms with Crippen LogP contribution in [0.5, 0.6) is 0 Å². The number of hydrogen-bond acceptors (Lipinski definition) is 3. The van der Waals surface area contributed by atoms with Crippen LogP contribution in [0.3, 0.4) is 0 Å². The van der Waals surface area contributed by atoms with Crippen LogP contribution in [0.2, 0.25) is 0 Å². The minimum Gasteiger partial charge on any atom is -0.256 e. The average Bonchev–Trinajstić information content (AvgIpc) is 2.77. The van der Waals surface area contributed by atoms with E-state index in [1.807, 2.05) is 12.3 Å². The highest BCUT2D eigenvalue weighted by Crippen LogP contribution is 2.34. The van der Waals surface area contributed by atoms with Crippen molar-refractivity contribution in [1.29, 1.82) is 0 Å². The van der Waals surface area contributed by atoms with E-state index in [-0.39, 0.29) is 0 Å². The molecule has 0 spiro atoms. The van der Waals surface area contributed by atoms with Crippen LogP contribution in [0, 0.1) is 0 Å². The van der Waals surface area contributed by atoms with Crippen LogP contribution >= 0.6 is 0 Å². The SMILES string of the molecule is S=S=S=S=S=S=S=S.c1ccc(-c2ccc3c(c2)CCc2cccnc2-3)cc1. The molecular weight excluding hydrogens is 499 g/mol. The molecule has 0 radical (unpaired) electrons. The Bertz CT molecular complexity index is 1190. The van der Waals surface area contributed by atoms with Crippen LogP contribution in [0.4, 0.5) is 0 Å². The fourth-order valence-electron chi connectivity index (χ4n) is 3.04. The average molecular weight is 514 g/mol. The first-order valence-electron chi connectivity index (χ1n) is 8.21. The summed E-state index contributed by atoms with van der Waals surface area (Å²) in [6.45, 7) is 0. The Hall–Kier alpha value is -0.650. The third kappa shape index (κ3) is 6.17. The van der Waals surface area contributed by atoms with Gasteiger partial charge in [-0.3, -0.25) is 4.98 Å². The maximum absolute atomic E-state index is 4.60. The predicted molar refractivity (Wildman–Crippen MR) is 141 cm³/mol. The van der Waals surface area contributed by atoms with Crippen molar-refractivity contribution in [3.8, 4) is 22.4 Å². The van der Waals surface area contributed by atoms with Gasteiger partial charge >= 0.3 is 0 Å². The van der Waals surface area contributed by atoms with Gasteiger partial charge in [0, 0.05) is 87.4 Å². The highest BCUT2D eigenvalue weighted by Gasteiger charge is 2.17. The summed E-state index contributed by atoms with van der Waals surface area (Å²) in [5.41, 5.74) is 7.82. The third-order valence-electron chi connectivity index (χ3n) is 4.16. The van der Waals surface area contributed by atoms with Crippen LogP contribution in [-0.4, -0.2) is 4.98 Å². The lowest BCUT2D eigenvalue weighted by Gasteiger charge is -2.19. The standard InChI is InChI=1S/C19H15N.S8/c1-2-5-14(6-3-1)16-10-11-18-17(13-16)9-8-15-7-4-12-20-19(15)18;1-3-5-7-8-6-4-2/h1-7,10-13H,8-9H2;. The quantitative estimate of drug-likeness (QED) is 0.476. The molecule has 9 heteroatoms. The number of nitrogens with zero attached hydrogens (tertiary/aromatic N) is 1. The number of hydrogen-bond donors (Lipinski definition) is 0. The normalized spacial score (nSPS) is 10.9. The number of aryl methyl sites for hydroxylation is 2. The zero-order chi connectivity index (χ0) is 19.6. The van der Waals surface area contributed by atoms with Crippen molar-refractivity contribution >= 4 is 75.7 Å². The van der Waals surface area contributed by atoms with Crippen LogP contribution in [-0.2, 0) is 88.5 Å². The number of aromatic nitrogens is 1. The molecular formula is C19H15NS8. The predicted octanol–water partition coefficient (Wildman–Crippen LogP) is 4.50. The highest BCUT2D eigenvalue weighted by molar-refractivity contribution is 8.70. The van der Waals surface area contributed by atoms with Crippen molar-refractivity contribution < 1.29 is 0 Å². The van der Waals surface area contributed by atoms with E-state index in [9.17, 15) is 0 Å². The van der Waals surface area contributed by atoms with Gasteiger partial charge in [0.15, 0.2) is 0 Å². The first-order valence-corrected chi connectivity index (χ1v) is 17.5. The van der Waals surface area contributed by atoms with Crippen LogP contribution < -0.4 is 0 Å². The van der Waals surface area contributed by atoms with Gasteiger partial charge in [0.1, 0.15) is 0 Å². The van der Waals surface area contributed by atoms with Crippen LogP contribution in [0.15, 0.2) is 66.9 Å². The Morgan fingerprint density at radius 1 is 0.679 bits per heavy atom. The van der Waals surface area contributed by atoms with Crippen LogP contribution in [0.1, 0.15) is 11.1 Å². The van der Waals surface area contributed by atoms with Crippen molar-refractivity contribution in [2.24, 2.45) is 0 Å². The summed E-state index contributed by atoms with van der Waals surface area (Å²) in [5, 5.41) is 0. The van der Waals surface area contributed by atoms with E-state index in [4.69, 9.17) is 0 Å². The van der Waals surface area contributed by atoms with Gasteiger partial charge in [-0.15, -0.1) is 0 Å². The minimum atomic E-state index is 1.09. The zero-order valence-electron chi connectivity index (χ0n) is 14.5. The van der Waals surface area contributed by atoms with Gasteiger partial charge < -0.3 is 0 Å². The second-order valence-corrected chi connectivity index (χ2v) is 16.3. The summed E-state index contributed by atoms with van der Waals surface area (Å²) in [7, 11) is 9.12. The van der Waals surface area contributed by atoms with E-state index in [1.54, 1.807) is 35.5 Å². The van der Waals surface area contributed by atoms with Gasteiger partial charge in [0.05, 0.1) is 5.69 Å².